The summed E-state index contributed by atoms with van der Waals surface area (Å²) in [6.45, 7) is 9.59. The fourth-order valence-corrected chi connectivity index (χ4v) is 3.54. The maximum absolute atomic E-state index is 12.5. The van der Waals surface area contributed by atoms with Gasteiger partial charge >= 0.3 is 6.09 Å². The lowest BCUT2D eigenvalue weighted by molar-refractivity contribution is -0.00159. The Morgan fingerprint density at radius 3 is 2.82 bits per heavy atom. The van der Waals surface area contributed by atoms with Crippen molar-refractivity contribution in [3.63, 3.8) is 0 Å². The molecule has 2 rings (SSSR count). The largest absolute Gasteiger partial charge is 0.444 e. The van der Waals surface area contributed by atoms with E-state index in [1.54, 1.807) is 5.57 Å². The van der Waals surface area contributed by atoms with Crippen molar-refractivity contribution < 1.29 is 9.53 Å². The van der Waals surface area contributed by atoms with Crippen molar-refractivity contribution in [2.45, 2.75) is 89.8 Å². The van der Waals surface area contributed by atoms with Gasteiger partial charge in [0.05, 0.1) is 6.04 Å². The topological polar surface area (TPSA) is 29.5 Å². The number of hydrogen-bond acceptors (Lipinski definition) is 2. The molecule has 0 aromatic carbocycles. The number of hydrogen-bond donors (Lipinski definition) is 0. The average Bonchev–Trinajstić information content (AvgIpc) is 2.40. The minimum Gasteiger partial charge on any atom is -0.444 e. The Labute approximate surface area is 135 Å². The molecule has 1 saturated heterocycles. The summed E-state index contributed by atoms with van der Waals surface area (Å²) in [7, 11) is 0. The summed E-state index contributed by atoms with van der Waals surface area (Å²) in [4.78, 5) is 14.5. The third-order valence-corrected chi connectivity index (χ3v) is 4.47. The number of carbonyl (C=O) groups excluding carboxylic acids is 1. The van der Waals surface area contributed by atoms with E-state index >= 15 is 0 Å². The third kappa shape index (κ3) is 4.62. The molecule has 0 saturated carbocycles. The predicted molar refractivity (Wildman–Crippen MR) is 90.9 cm³/mol. The van der Waals surface area contributed by atoms with Crippen LogP contribution >= 0.6 is 0 Å². The number of allylic oxidation sites excluding steroid dienone is 1. The highest BCUT2D eigenvalue weighted by Crippen LogP contribution is 2.35. The zero-order valence-corrected chi connectivity index (χ0v) is 14.4. The van der Waals surface area contributed by atoms with Crippen molar-refractivity contribution in [1.82, 2.24) is 4.90 Å². The van der Waals surface area contributed by atoms with E-state index in [4.69, 9.17) is 4.74 Å². The summed E-state index contributed by atoms with van der Waals surface area (Å²) in [5.41, 5.74) is 1.12. The molecule has 0 N–H and O–H groups in total. The lowest BCUT2D eigenvalue weighted by Gasteiger charge is -2.45. The standard InChI is InChI=1S/C19H31NO2/c1-5-6-7-8-10-15-13-16-11-9-12-17(14-15)20(16)18(21)22-19(2,3)4/h5,13,16-17H,1,6-12,14H2,2-4H3. The zero-order valence-electron chi connectivity index (χ0n) is 14.4. The SMILES string of the molecule is C=CCCCCC1=CC2CCCC(C1)N2C(=O)OC(C)(C)C. The van der Waals surface area contributed by atoms with Crippen LogP contribution in [0.25, 0.3) is 0 Å². The second-order valence-corrected chi connectivity index (χ2v) is 7.60. The first-order chi connectivity index (χ1) is 10.4. The number of unbranched alkanes of at least 4 members (excludes halogenated alkanes) is 2. The molecule has 22 heavy (non-hydrogen) atoms. The Hall–Kier alpha value is -1.25. The van der Waals surface area contributed by atoms with Gasteiger partial charge in [-0.05, 0) is 72.1 Å². The van der Waals surface area contributed by atoms with Crippen molar-refractivity contribution in [3.8, 4) is 0 Å². The summed E-state index contributed by atoms with van der Waals surface area (Å²) in [5.74, 6) is 0. The van der Waals surface area contributed by atoms with Gasteiger partial charge in [0.15, 0.2) is 0 Å². The fourth-order valence-electron chi connectivity index (χ4n) is 3.54. The molecule has 2 bridgehead atoms. The minimum absolute atomic E-state index is 0.135. The van der Waals surface area contributed by atoms with Crippen LogP contribution in [0.5, 0.6) is 0 Å². The van der Waals surface area contributed by atoms with Crippen LogP contribution in [-0.4, -0.2) is 28.7 Å². The molecular formula is C19H31NO2. The zero-order chi connectivity index (χ0) is 16.2. The van der Waals surface area contributed by atoms with Gasteiger partial charge < -0.3 is 4.74 Å². The number of carbonyl (C=O) groups is 1. The molecule has 2 unspecified atom stereocenters. The molecule has 2 aliphatic rings. The summed E-state index contributed by atoms with van der Waals surface area (Å²) in [5, 5.41) is 0. The van der Waals surface area contributed by atoms with E-state index < -0.39 is 5.60 Å². The summed E-state index contributed by atoms with van der Waals surface area (Å²) >= 11 is 0. The van der Waals surface area contributed by atoms with Gasteiger partial charge in [-0.25, -0.2) is 4.79 Å². The Morgan fingerprint density at radius 1 is 1.41 bits per heavy atom. The minimum atomic E-state index is -0.417. The lowest BCUT2D eigenvalue weighted by Crippen LogP contribution is -2.53. The van der Waals surface area contributed by atoms with E-state index in [0.29, 0.717) is 6.04 Å². The van der Waals surface area contributed by atoms with Crippen molar-refractivity contribution in [2.75, 3.05) is 0 Å². The van der Waals surface area contributed by atoms with Crippen molar-refractivity contribution in [3.05, 3.63) is 24.3 Å². The van der Waals surface area contributed by atoms with Crippen molar-refractivity contribution in [1.29, 1.82) is 0 Å². The molecule has 0 aliphatic carbocycles. The Bertz CT molecular complexity index is 433. The van der Waals surface area contributed by atoms with E-state index in [1.165, 1.54) is 25.7 Å². The van der Waals surface area contributed by atoms with E-state index in [9.17, 15) is 4.79 Å². The molecule has 0 spiro atoms. The van der Waals surface area contributed by atoms with Gasteiger partial charge in [0.1, 0.15) is 5.60 Å². The third-order valence-electron chi connectivity index (χ3n) is 4.47. The first-order valence-corrected chi connectivity index (χ1v) is 8.72. The Balaban J connectivity index is 1.99. The molecule has 124 valence electrons. The van der Waals surface area contributed by atoms with Crippen LogP contribution in [0.3, 0.4) is 0 Å². The monoisotopic (exact) mass is 305 g/mol. The molecule has 1 amide bonds. The smallest absolute Gasteiger partial charge is 0.411 e. The summed E-state index contributed by atoms with van der Waals surface area (Å²) in [6, 6.07) is 0.588. The van der Waals surface area contributed by atoms with E-state index in [-0.39, 0.29) is 12.1 Å². The lowest BCUT2D eigenvalue weighted by atomic mass is 9.84. The molecule has 0 aromatic heterocycles. The van der Waals surface area contributed by atoms with E-state index in [2.05, 4.69) is 12.7 Å². The fraction of sp³-hybridized carbons (Fsp3) is 0.737. The van der Waals surface area contributed by atoms with Crippen LogP contribution in [0.1, 0.15) is 72.1 Å². The van der Waals surface area contributed by atoms with Crippen LogP contribution in [0, 0.1) is 0 Å². The highest BCUT2D eigenvalue weighted by atomic mass is 16.6. The number of fused-ring (bicyclic) bond motifs is 2. The van der Waals surface area contributed by atoms with Gasteiger partial charge in [-0.3, -0.25) is 4.90 Å². The molecule has 2 aliphatic heterocycles. The van der Waals surface area contributed by atoms with Gasteiger partial charge in [-0.2, -0.15) is 0 Å². The predicted octanol–water partition coefficient (Wildman–Crippen LogP) is 5.22. The van der Waals surface area contributed by atoms with Gasteiger partial charge in [-0.15, -0.1) is 6.58 Å². The molecule has 1 fully saturated rings. The molecular weight excluding hydrogens is 274 g/mol. The van der Waals surface area contributed by atoms with Gasteiger partial charge in [-0.1, -0.05) is 17.7 Å². The molecule has 2 atom stereocenters. The quantitative estimate of drug-likeness (QED) is 0.514. The maximum Gasteiger partial charge on any atom is 0.411 e. The molecule has 3 heteroatoms. The Morgan fingerprint density at radius 2 is 2.18 bits per heavy atom. The number of ether oxygens (including phenoxy) is 1. The highest BCUT2D eigenvalue weighted by molar-refractivity contribution is 5.70. The number of nitrogens with zero attached hydrogens (tertiary/aromatic N) is 1. The average molecular weight is 305 g/mol. The van der Waals surface area contributed by atoms with Crippen LogP contribution in [0.4, 0.5) is 4.79 Å². The van der Waals surface area contributed by atoms with Crippen molar-refractivity contribution >= 4 is 6.09 Å². The van der Waals surface area contributed by atoms with Crippen molar-refractivity contribution in [2.24, 2.45) is 0 Å². The second-order valence-electron chi connectivity index (χ2n) is 7.60. The second kappa shape index (κ2) is 7.34. The number of rotatable bonds is 5. The normalized spacial score (nSPS) is 24.7. The maximum atomic E-state index is 12.5. The van der Waals surface area contributed by atoms with Crippen LogP contribution in [-0.2, 0) is 4.74 Å². The first kappa shape index (κ1) is 17.1. The highest BCUT2D eigenvalue weighted by Gasteiger charge is 2.38. The van der Waals surface area contributed by atoms with Crippen LogP contribution in [0.15, 0.2) is 24.3 Å². The van der Waals surface area contributed by atoms with Gasteiger partial charge in [0.2, 0.25) is 0 Å². The summed E-state index contributed by atoms with van der Waals surface area (Å²) in [6.07, 6.45) is 13.3. The van der Waals surface area contributed by atoms with E-state index in [0.717, 1.165) is 25.7 Å². The van der Waals surface area contributed by atoms with Gasteiger partial charge in [0.25, 0.3) is 0 Å². The number of piperidine rings is 1. The summed E-state index contributed by atoms with van der Waals surface area (Å²) < 4.78 is 5.61. The molecule has 0 aromatic rings. The number of amides is 1. The molecule has 3 nitrogen and oxygen atoms in total. The molecule has 2 heterocycles. The van der Waals surface area contributed by atoms with E-state index in [1.807, 2.05) is 31.7 Å². The first-order valence-electron chi connectivity index (χ1n) is 8.72. The van der Waals surface area contributed by atoms with Crippen LogP contribution in [0.2, 0.25) is 0 Å². The molecule has 0 radical (unpaired) electrons. The Kier molecular flexibility index (Phi) is 5.71. The van der Waals surface area contributed by atoms with Gasteiger partial charge in [0, 0.05) is 6.04 Å². The van der Waals surface area contributed by atoms with Crippen LogP contribution < -0.4 is 0 Å².